The first-order valence-electron chi connectivity index (χ1n) is 9.37. The highest BCUT2D eigenvalue weighted by Crippen LogP contribution is 2.34. The number of likely N-dealkylation sites (tertiary alicyclic amines) is 1. The minimum atomic E-state index is -0.566. The number of aryl methyl sites for hydroxylation is 1. The predicted molar refractivity (Wildman–Crippen MR) is 102 cm³/mol. The summed E-state index contributed by atoms with van der Waals surface area (Å²) in [7, 11) is 0. The maximum Gasteiger partial charge on any atom is 0.134 e. The van der Waals surface area contributed by atoms with Crippen molar-refractivity contribution in [2.75, 3.05) is 13.1 Å². The smallest absolute Gasteiger partial charge is 0.134 e. The molecule has 0 bridgehead atoms. The minimum Gasteiger partial charge on any atom is -0.298 e. The number of aromatic nitrogens is 2. The van der Waals surface area contributed by atoms with E-state index in [-0.39, 0.29) is 5.92 Å². The molecule has 0 amide bonds. The van der Waals surface area contributed by atoms with Crippen LogP contribution in [0.3, 0.4) is 0 Å². The third-order valence-corrected chi connectivity index (χ3v) is 5.46. The van der Waals surface area contributed by atoms with Crippen LogP contribution in [0.15, 0.2) is 48.7 Å². The summed E-state index contributed by atoms with van der Waals surface area (Å²) < 4.78 is 27.5. The van der Waals surface area contributed by atoms with Crippen molar-refractivity contribution in [2.24, 2.45) is 0 Å². The molecular weight excluding hydrogens is 344 g/mol. The van der Waals surface area contributed by atoms with Gasteiger partial charge in [-0.1, -0.05) is 24.3 Å². The van der Waals surface area contributed by atoms with E-state index >= 15 is 0 Å². The van der Waals surface area contributed by atoms with Crippen LogP contribution in [0.1, 0.15) is 35.6 Å². The summed E-state index contributed by atoms with van der Waals surface area (Å²) >= 11 is 0. The second-order valence-corrected chi connectivity index (χ2v) is 7.32. The van der Waals surface area contributed by atoms with Crippen LogP contribution >= 0.6 is 0 Å². The Labute approximate surface area is 158 Å². The Hall–Kier alpha value is -2.53. The third kappa shape index (κ3) is 3.78. The van der Waals surface area contributed by atoms with Crippen LogP contribution in [-0.2, 0) is 6.54 Å². The largest absolute Gasteiger partial charge is 0.298 e. The molecule has 0 aliphatic carbocycles. The lowest BCUT2D eigenvalue weighted by atomic mass is 9.90. The highest BCUT2D eigenvalue weighted by molar-refractivity contribution is 5.66. The number of hydrogen-bond acceptors (Lipinski definition) is 2. The molecule has 1 saturated heterocycles. The van der Waals surface area contributed by atoms with Gasteiger partial charge in [-0.25, -0.2) is 8.78 Å². The molecule has 1 aromatic heterocycles. The van der Waals surface area contributed by atoms with Crippen LogP contribution < -0.4 is 0 Å². The van der Waals surface area contributed by atoms with E-state index in [9.17, 15) is 8.78 Å². The van der Waals surface area contributed by atoms with Crippen molar-refractivity contribution in [3.8, 4) is 11.1 Å². The van der Waals surface area contributed by atoms with Gasteiger partial charge in [0, 0.05) is 41.9 Å². The molecule has 1 aliphatic heterocycles. The molecular formula is C22H23F2N3. The molecule has 1 atom stereocenters. The number of hydrogen-bond donors (Lipinski definition) is 1. The lowest BCUT2D eigenvalue weighted by Crippen LogP contribution is -2.34. The second kappa shape index (κ2) is 7.61. The molecule has 0 unspecified atom stereocenters. The van der Waals surface area contributed by atoms with Crippen LogP contribution in [-0.4, -0.2) is 28.2 Å². The van der Waals surface area contributed by atoms with Gasteiger partial charge in [0.15, 0.2) is 0 Å². The maximum absolute atomic E-state index is 14.3. The van der Waals surface area contributed by atoms with Crippen molar-refractivity contribution >= 4 is 0 Å². The molecule has 140 valence electrons. The summed E-state index contributed by atoms with van der Waals surface area (Å²) in [6, 6.07) is 12.2. The number of piperidine rings is 1. The fraction of sp³-hybridized carbons (Fsp3) is 0.318. The van der Waals surface area contributed by atoms with Crippen molar-refractivity contribution in [2.45, 2.75) is 32.2 Å². The molecule has 1 aliphatic rings. The topological polar surface area (TPSA) is 31.9 Å². The number of aromatic amines is 1. The first-order chi connectivity index (χ1) is 13.1. The van der Waals surface area contributed by atoms with Gasteiger partial charge in [0.25, 0.3) is 0 Å². The van der Waals surface area contributed by atoms with Crippen molar-refractivity contribution < 1.29 is 8.78 Å². The first-order valence-corrected chi connectivity index (χ1v) is 9.37. The zero-order chi connectivity index (χ0) is 18.8. The van der Waals surface area contributed by atoms with E-state index in [4.69, 9.17) is 0 Å². The van der Waals surface area contributed by atoms with Crippen molar-refractivity contribution in [3.05, 3.63) is 77.1 Å². The van der Waals surface area contributed by atoms with Crippen LogP contribution in [0.2, 0.25) is 0 Å². The molecule has 1 N–H and O–H groups in total. The van der Waals surface area contributed by atoms with Gasteiger partial charge in [-0.05, 0) is 49.6 Å². The molecule has 0 radical (unpaired) electrons. The van der Waals surface area contributed by atoms with Crippen LogP contribution in [0.4, 0.5) is 8.78 Å². The van der Waals surface area contributed by atoms with E-state index in [1.54, 1.807) is 6.20 Å². The number of rotatable bonds is 4. The van der Waals surface area contributed by atoms with E-state index in [1.807, 2.05) is 0 Å². The Morgan fingerprint density at radius 2 is 2.00 bits per heavy atom. The molecule has 0 spiro atoms. The second-order valence-electron chi connectivity index (χ2n) is 7.32. The van der Waals surface area contributed by atoms with Gasteiger partial charge in [0.05, 0.1) is 6.20 Å². The normalized spacial score (nSPS) is 18.0. The molecule has 3 nitrogen and oxygen atoms in total. The molecule has 4 rings (SSSR count). The van der Waals surface area contributed by atoms with E-state index in [2.05, 4.69) is 46.3 Å². The van der Waals surface area contributed by atoms with Gasteiger partial charge in [-0.2, -0.15) is 5.10 Å². The number of halogens is 2. The lowest BCUT2D eigenvalue weighted by molar-refractivity contribution is 0.198. The Morgan fingerprint density at radius 1 is 1.15 bits per heavy atom. The highest BCUT2D eigenvalue weighted by atomic mass is 19.1. The molecule has 5 heteroatoms. The molecule has 3 aromatic rings. The summed E-state index contributed by atoms with van der Waals surface area (Å²) in [5.41, 5.74) is 4.71. The van der Waals surface area contributed by atoms with Crippen molar-refractivity contribution in [1.82, 2.24) is 15.1 Å². The van der Waals surface area contributed by atoms with Gasteiger partial charge < -0.3 is 0 Å². The van der Waals surface area contributed by atoms with E-state index < -0.39 is 11.6 Å². The van der Waals surface area contributed by atoms with E-state index in [0.717, 1.165) is 49.8 Å². The SMILES string of the molecule is Cc1ccccc1CN1CCC[C@@H](c2[nH]ncc2-c2ccc(F)cc2F)C1. The molecule has 1 fully saturated rings. The van der Waals surface area contributed by atoms with Gasteiger partial charge in [-0.3, -0.25) is 10.00 Å². The average Bonchev–Trinajstić information content (AvgIpc) is 3.13. The molecule has 2 aromatic carbocycles. The Kier molecular flexibility index (Phi) is 5.03. The third-order valence-electron chi connectivity index (χ3n) is 5.46. The minimum absolute atomic E-state index is 0.254. The lowest BCUT2D eigenvalue weighted by Gasteiger charge is -2.33. The number of nitrogens with zero attached hydrogens (tertiary/aromatic N) is 2. The summed E-state index contributed by atoms with van der Waals surface area (Å²) in [6.07, 6.45) is 3.76. The zero-order valence-corrected chi connectivity index (χ0v) is 15.4. The molecule has 0 saturated carbocycles. The number of benzene rings is 2. The fourth-order valence-corrected chi connectivity index (χ4v) is 3.99. The Bertz CT molecular complexity index is 935. The quantitative estimate of drug-likeness (QED) is 0.700. The Morgan fingerprint density at radius 3 is 2.81 bits per heavy atom. The van der Waals surface area contributed by atoms with Crippen molar-refractivity contribution in [1.29, 1.82) is 0 Å². The molecule has 2 heterocycles. The number of H-pyrrole nitrogens is 1. The van der Waals surface area contributed by atoms with Crippen LogP contribution in [0.5, 0.6) is 0 Å². The fourth-order valence-electron chi connectivity index (χ4n) is 3.99. The summed E-state index contributed by atoms with van der Waals surface area (Å²) in [5, 5.41) is 7.23. The number of nitrogens with one attached hydrogen (secondary N) is 1. The van der Waals surface area contributed by atoms with Gasteiger partial charge in [-0.15, -0.1) is 0 Å². The molecule has 27 heavy (non-hydrogen) atoms. The zero-order valence-electron chi connectivity index (χ0n) is 15.4. The Balaban J connectivity index is 1.56. The van der Waals surface area contributed by atoms with Crippen LogP contribution in [0.25, 0.3) is 11.1 Å². The van der Waals surface area contributed by atoms with Crippen molar-refractivity contribution in [3.63, 3.8) is 0 Å². The first kappa shape index (κ1) is 17.9. The summed E-state index contributed by atoms with van der Waals surface area (Å²) in [4.78, 5) is 2.45. The van der Waals surface area contributed by atoms with Crippen LogP contribution in [0, 0.1) is 18.6 Å². The summed E-state index contributed by atoms with van der Waals surface area (Å²) in [6.45, 7) is 5.00. The maximum atomic E-state index is 14.3. The highest BCUT2D eigenvalue weighted by Gasteiger charge is 2.26. The van der Waals surface area contributed by atoms with Gasteiger partial charge >= 0.3 is 0 Å². The monoisotopic (exact) mass is 367 g/mol. The van der Waals surface area contributed by atoms with Gasteiger partial charge in [0.1, 0.15) is 11.6 Å². The average molecular weight is 367 g/mol. The van der Waals surface area contributed by atoms with Gasteiger partial charge in [0.2, 0.25) is 0 Å². The standard InChI is InChI=1S/C22H23F2N3/c1-15-5-2-3-6-16(15)13-27-10-4-7-17(14-27)22-20(12-25-26-22)19-9-8-18(23)11-21(19)24/h2-3,5-6,8-9,11-12,17H,4,7,10,13-14H2,1H3,(H,25,26)/t17-/m1/s1. The summed E-state index contributed by atoms with van der Waals surface area (Å²) in [5.74, 6) is -0.863. The van der Waals surface area contributed by atoms with E-state index in [0.29, 0.717) is 5.56 Å². The van der Waals surface area contributed by atoms with E-state index in [1.165, 1.54) is 23.3 Å². The predicted octanol–water partition coefficient (Wildman–Crippen LogP) is 5.04.